The molecule has 0 aliphatic carbocycles. The molecule has 0 N–H and O–H groups in total. The number of carbonyl (C=O) groups is 1. The quantitative estimate of drug-likeness (QED) is 0.409. The molecular formula is C26H24ClNO5. The van der Waals surface area contributed by atoms with Gasteiger partial charge in [-0.05, 0) is 17.2 Å². The maximum Gasteiger partial charge on any atom is 0.335 e. The molecule has 1 aliphatic rings. The topological polar surface area (TPSA) is 66.4 Å². The lowest BCUT2D eigenvalue weighted by molar-refractivity contribution is -0.143. The van der Waals surface area contributed by atoms with E-state index in [1.165, 1.54) is 7.11 Å². The predicted molar refractivity (Wildman–Crippen MR) is 126 cm³/mol. The smallest absolute Gasteiger partial charge is 0.335 e. The summed E-state index contributed by atoms with van der Waals surface area (Å²) in [4.78, 5) is 16.5. The number of aliphatic imine (C=N–C) groups is 1. The number of methoxy groups -OCH3 is 1. The fraction of sp³-hybridized carbons (Fsp3) is 0.231. The van der Waals surface area contributed by atoms with Crippen LogP contribution in [-0.4, -0.2) is 25.0 Å². The van der Waals surface area contributed by atoms with Crippen LogP contribution < -0.4 is 9.47 Å². The van der Waals surface area contributed by atoms with Crippen molar-refractivity contribution >= 4 is 23.5 Å². The van der Waals surface area contributed by atoms with E-state index in [0.29, 0.717) is 41.2 Å². The Balaban J connectivity index is 1.64. The summed E-state index contributed by atoms with van der Waals surface area (Å²) in [6, 6.07) is 22.2. The van der Waals surface area contributed by atoms with E-state index < -0.39 is 18.1 Å². The van der Waals surface area contributed by atoms with Crippen LogP contribution in [0.1, 0.15) is 29.7 Å². The Kier molecular flexibility index (Phi) is 7.15. The minimum Gasteiger partial charge on any atom is -0.485 e. The van der Waals surface area contributed by atoms with Crippen molar-refractivity contribution < 1.29 is 23.7 Å². The van der Waals surface area contributed by atoms with Crippen molar-refractivity contribution in [2.75, 3.05) is 7.11 Å². The molecule has 0 radical (unpaired) electrons. The second kappa shape index (κ2) is 10.4. The number of nitrogens with zero attached hydrogens (tertiary/aromatic N) is 1. The Morgan fingerprint density at radius 1 is 0.939 bits per heavy atom. The third-order valence-corrected chi connectivity index (χ3v) is 5.52. The molecule has 3 aromatic rings. The summed E-state index contributed by atoms with van der Waals surface area (Å²) in [5.41, 5.74) is 2.59. The third kappa shape index (κ3) is 5.46. The largest absolute Gasteiger partial charge is 0.485 e. The summed E-state index contributed by atoms with van der Waals surface area (Å²) in [7, 11) is 1.32. The van der Waals surface area contributed by atoms with Gasteiger partial charge in [-0.3, -0.25) is 0 Å². The van der Waals surface area contributed by atoms with Gasteiger partial charge in [0.2, 0.25) is 0 Å². The molecule has 0 bridgehead atoms. The molecule has 7 heteroatoms. The first kappa shape index (κ1) is 22.7. The van der Waals surface area contributed by atoms with Crippen LogP contribution in [0, 0.1) is 0 Å². The Hall–Kier alpha value is -3.51. The fourth-order valence-electron chi connectivity index (χ4n) is 3.54. The molecule has 3 aromatic carbocycles. The monoisotopic (exact) mass is 465 g/mol. The molecule has 0 saturated carbocycles. The molecule has 6 nitrogen and oxygen atoms in total. The molecule has 1 heterocycles. The average molecular weight is 466 g/mol. The standard InChI is InChI=1S/C26H24ClNO5/c1-17-28-24(26(29)30-2)25(33-17)20-13-22(31-15-18-9-5-3-6-10-18)23(14-21(20)27)32-16-19-11-7-4-8-12-19/h3-14,24-25H,15-16H2,1-2H3. The molecule has 2 atom stereocenters. The van der Waals surface area contributed by atoms with Crippen LogP contribution in [0.2, 0.25) is 5.02 Å². The van der Waals surface area contributed by atoms with Crippen molar-refractivity contribution in [1.82, 2.24) is 0 Å². The summed E-state index contributed by atoms with van der Waals surface area (Å²) in [6.07, 6.45) is -0.716. The van der Waals surface area contributed by atoms with Crippen LogP contribution in [0.3, 0.4) is 0 Å². The van der Waals surface area contributed by atoms with Gasteiger partial charge in [-0.2, -0.15) is 0 Å². The third-order valence-electron chi connectivity index (χ3n) is 5.19. The normalized spacial score (nSPS) is 17.1. The highest BCUT2D eigenvalue weighted by atomic mass is 35.5. The number of benzene rings is 3. The van der Waals surface area contributed by atoms with Crippen LogP contribution in [0.25, 0.3) is 0 Å². The molecular weight excluding hydrogens is 442 g/mol. The van der Waals surface area contributed by atoms with E-state index in [0.717, 1.165) is 11.1 Å². The Morgan fingerprint density at radius 2 is 1.48 bits per heavy atom. The van der Waals surface area contributed by atoms with E-state index in [-0.39, 0.29) is 0 Å². The van der Waals surface area contributed by atoms with Crippen molar-refractivity contribution in [3.8, 4) is 11.5 Å². The minimum atomic E-state index is -0.842. The highest BCUT2D eigenvalue weighted by molar-refractivity contribution is 6.31. The molecule has 0 spiro atoms. The average Bonchev–Trinajstić information content (AvgIpc) is 3.24. The SMILES string of the molecule is COC(=O)C1N=C(C)OC1c1cc(OCc2ccccc2)c(OCc2ccccc2)cc1Cl. The lowest BCUT2D eigenvalue weighted by atomic mass is 10.0. The first-order valence-corrected chi connectivity index (χ1v) is 10.9. The van der Waals surface area contributed by atoms with Gasteiger partial charge in [0.1, 0.15) is 13.2 Å². The van der Waals surface area contributed by atoms with Gasteiger partial charge in [-0.15, -0.1) is 0 Å². The zero-order chi connectivity index (χ0) is 23.2. The van der Waals surface area contributed by atoms with E-state index >= 15 is 0 Å². The van der Waals surface area contributed by atoms with Crippen LogP contribution in [0.15, 0.2) is 77.8 Å². The number of rotatable bonds is 8. The number of carbonyl (C=O) groups excluding carboxylic acids is 1. The first-order chi connectivity index (χ1) is 16.0. The highest BCUT2D eigenvalue weighted by Gasteiger charge is 2.39. The second-order valence-corrected chi connectivity index (χ2v) is 7.93. The van der Waals surface area contributed by atoms with Crippen molar-refractivity contribution in [3.05, 3.63) is 94.5 Å². The van der Waals surface area contributed by atoms with Crippen molar-refractivity contribution in [3.63, 3.8) is 0 Å². The van der Waals surface area contributed by atoms with E-state index in [1.807, 2.05) is 60.7 Å². The molecule has 2 unspecified atom stereocenters. The van der Waals surface area contributed by atoms with Gasteiger partial charge in [-0.1, -0.05) is 72.3 Å². The Morgan fingerprint density at radius 3 is 2.03 bits per heavy atom. The van der Waals surface area contributed by atoms with Crippen LogP contribution >= 0.6 is 11.6 Å². The first-order valence-electron chi connectivity index (χ1n) is 10.5. The molecule has 4 rings (SSSR count). The zero-order valence-corrected chi connectivity index (χ0v) is 19.1. The van der Waals surface area contributed by atoms with Crippen molar-refractivity contribution in [1.29, 1.82) is 0 Å². The van der Waals surface area contributed by atoms with E-state index in [2.05, 4.69) is 4.99 Å². The van der Waals surface area contributed by atoms with Crippen LogP contribution in [-0.2, 0) is 27.5 Å². The molecule has 0 saturated heterocycles. The van der Waals surface area contributed by atoms with Crippen LogP contribution in [0.4, 0.5) is 0 Å². The summed E-state index contributed by atoms with van der Waals surface area (Å²) in [5, 5.41) is 0.383. The Labute approximate surface area is 197 Å². The summed E-state index contributed by atoms with van der Waals surface area (Å²) >= 11 is 6.62. The maximum atomic E-state index is 12.3. The molecule has 0 fully saturated rings. The number of ether oxygens (including phenoxy) is 4. The van der Waals surface area contributed by atoms with Gasteiger partial charge in [-0.25, -0.2) is 9.79 Å². The zero-order valence-electron chi connectivity index (χ0n) is 18.4. The molecule has 33 heavy (non-hydrogen) atoms. The molecule has 1 aliphatic heterocycles. The lowest BCUT2D eigenvalue weighted by Crippen LogP contribution is -2.25. The Bertz CT molecular complexity index is 1130. The highest BCUT2D eigenvalue weighted by Crippen LogP contribution is 2.41. The summed E-state index contributed by atoms with van der Waals surface area (Å²) in [6.45, 7) is 2.38. The van der Waals surface area contributed by atoms with Crippen LogP contribution in [0.5, 0.6) is 11.5 Å². The summed E-state index contributed by atoms with van der Waals surface area (Å²) < 4.78 is 22.9. The van der Waals surface area contributed by atoms with Gasteiger partial charge >= 0.3 is 5.97 Å². The number of hydrogen-bond donors (Lipinski definition) is 0. The fourth-order valence-corrected chi connectivity index (χ4v) is 3.80. The van der Waals surface area contributed by atoms with Gasteiger partial charge < -0.3 is 18.9 Å². The molecule has 0 amide bonds. The van der Waals surface area contributed by atoms with E-state index in [9.17, 15) is 4.79 Å². The lowest BCUT2D eigenvalue weighted by Gasteiger charge is -2.20. The number of esters is 1. The minimum absolute atomic E-state index is 0.338. The van der Waals surface area contributed by atoms with Gasteiger partial charge in [0.05, 0.1) is 12.1 Å². The molecule has 170 valence electrons. The molecule has 0 aromatic heterocycles. The second-order valence-electron chi connectivity index (χ2n) is 7.52. The maximum absolute atomic E-state index is 12.3. The predicted octanol–water partition coefficient (Wildman–Crippen LogP) is 5.53. The number of halogens is 1. The van der Waals surface area contributed by atoms with E-state index in [1.54, 1.807) is 19.1 Å². The van der Waals surface area contributed by atoms with Gasteiger partial charge in [0, 0.05) is 18.6 Å². The van der Waals surface area contributed by atoms with Crippen molar-refractivity contribution in [2.45, 2.75) is 32.3 Å². The number of hydrogen-bond acceptors (Lipinski definition) is 6. The summed E-state index contributed by atoms with van der Waals surface area (Å²) in [5.74, 6) is 0.881. The van der Waals surface area contributed by atoms with Gasteiger partial charge in [0.25, 0.3) is 0 Å². The van der Waals surface area contributed by atoms with Crippen molar-refractivity contribution in [2.24, 2.45) is 4.99 Å². The van der Waals surface area contributed by atoms with E-state index in [4.69, 9.17) is 30.5 Å². The van der Waals surface area contributed by atoms with Gasteiger partial charge in [0.15, 0.2) is 29.5 Å².